The standard InChI is InChI=1S/C30H35ClN2O4/c1-4-5-16-32-30(35)28(19-23-10-7-6-8-11-23)33(20-24-12-9-13-25(18-24)36-3)29(34)21-37-26-14-15-27(31)22(2)17-26/h6-15,17-18,28H,4-5,16,19-21H2,1-3H3,(H,32,35)/t28-/m0/s1. The zero-order valence-electron chi connectivity index (χ0n) is 21.7. The number of rotatable bonds is 13. The fourth-order valence-corrected chi connectivity index (χ4v) is 4.08. The van der Waals surface area contributed by atoms with Gasteiger partial charge in [0.05, 0.1) is 7.11 Å². The maximum Gasteiger partial charge on any atom is 0.261 e. The maximum atomic E-state index is 13.7. The third-order valence-corrected chi connectivity index (χ3v) is 6.50. The van der Waals surface area contributed by atoms with Crippen LogP contribution in [0, 0.1) is 6.92 Å². The van der Waals surface area contributed by atoms with Gasteiger partial charge in [0.25, 0.3) is 5.91 Å². The fourth-order valence-electron chi connectivity index (χ4n) is 3.96. The van der Waals surface area contributed by atoms with Gasteiger partial charge in [-0.1, -0.05) is 67.4 Å². The Balaban J connectivity index is 1.90. The largest absolute Gasteiger partial charge is 0.497 e. The number of benzene rings is 3. The van der Waals surface area contributed by atoms with Crippen LogP contribution in [0.15, 0.2) is 72.8 Å². The normalized spacial score (nSPS) is 11.5. The number of nitrogens with one attached hydrogen (secondary N) is 1. The van der Waals surface area contributed by atoms with Gasteiger partial charge in [0.15, 0.2) is 6.61 Å². The maximum absolute atomic E-state index is 13.7. The number of ether oxygens (including phenoxy) is 2. The molecule has 0 aromatic heterocycles. The summed E-state index contributed by atoms with van der Waals surface area (Å²) in [6, 6.07) is 21.8. The first-order valence-corrected chi connectivity index (χ1v) is 12.9. The molecule has 0 radical (unpaired) electrons. The summed E-state index contributed by atoms with van der Waals surface area (Å²) >= 11 is 6.13. The van der Waals surface area contributed by atoms with Gasteiger partial charge < -0.3 is 19.7 Å². The lowest BCUT2D eigenvalue weighted by Crippen LogP contribution is -2.51. The highest BCUT2D eigenvalue weighted by Gasteiger charge is 2.30. The SMILES string of the molecule is CCCCNC(=O)[C@H](Cc1ccccc1)N(Cc1cccc(OC)c1)C(=O)COc1ccc(Cl)c(C)c1. The van der Waals surface area contributed by atoms with Crippen molar-refractivity contribution in [1.29, 1.82) is 0 Å². The predicted octanol–water partition coefficient (Wildman–Crippen LogP) is 5.59. The van der Waals surface area contributed by atoms with E-state index in [9.17, 15) is 9.59 Å². The van der Waals surface area contributed by atoms with Crippen LogP contribution in [0.5, 0.6) is 11.5 Å². The van der Waals surface area contributed by atoms with E-state index in [2.05, 4.69) is 12.2 Å². The molecule has 3 aromatic rings. The molecule has 2 amide bonds. The highest BCUT2D eigenvalue weighted by Crippen LogP contribution is 2.22. The molecule has 0 heterocycles. The number of unbranched alkanes of at least 4 members (excludes halogenated alkanes) is 1. The third kappa shape index (κ3) is 8.53. The third-order valence-electron chi connectivity index (χ3n) is 6.08. The zero-order chi connectivity index (χ0) is 26.6. The first kappa shape index (κ1) is 28.1. The minimum absolute atomic E-state index is 0.184. The summed E-state index contributed by atoms with van der Waals surface area (Å²) in [4.78, 5) is 28.7. The smallest absolute Gasteiger partial charge is 0.261 e. The molecule has 3 aromatic carbocycles. The number of hydrogen-bond acceptors (Lipinski definition) is 4. The molecule has 0 aliphatic carbocycles. The van der Waals surface area contributed by atoms with E-state index < -0.39 is 6.04 Å². The van der Waals surface area contributed by atoms with Crippen LogP contribution in [0.25, 0.3) is 0 Å². The molecule has 0 bridgehead atoms. The van der Waals surface area contributed by atoms with Crippen LogP contribution in [0.2, 0.25) is 5.02 Å². The van der Waals surface area contributed by atoms with Crippen molar-refractivity contribution in [3.8, 4) is 11.5 Å². The summed E-state index contributed by atoms with van der Waals surface area (Å²) in [5.41, 5.74) is 2.68. The minimum atomic E-state index is -0.714. The van der Waals surface area contributed by atoms with E-state index in [0.29, 0.717) is 29.5 Å². The Morgan fingerprint density at radius 1 is 0.973 bits per heavy atom. The van der Waals surface area contributed by atoms with Gasteiger partial charge in [-0.2, -0.15) is 0 Å². The van der Waals surface area contributed by atoms with Crippen LogP contribution < -0.4 is 14.8 Å². The number of halogens is 1. The van der Waals surface area contributed by atoms with E-state index in [1.165, 1.54) is 0 Å². The van der Waals surface area contributed by atoms with Gasteiger partial charge in [0, 0.05) is 24.5 Å². The van der Waals surface area contributed by atoms with E-state index in [4.69, 9.17) is 21.1 Å². The van der Waals surface area contributed by atoms with Crippen LogP contribution in [-0.4, -0.2) is 43.0 Å². The molecule has 1 atom stereocenters. The molecule has 0 saturated carbocycles. The Hall–Kier alpha value is -3.51. The van der Waals surface area contributed by atoms with Crippen molar-refractivity contribution in [2.24, 2.45) is 0 Å². The van der Waals surface area contributed by atoms with E-state index in [0.717, 1.165) is 29.5 Å². The molecule has 3 rings (SSSR count). The van der Waals surface area contributed by atoms with Crippen molar-refractivity contribution in [2.45, 2.75) is 45.7 Å². The Morgan fingerprint density at radius 3 is 2.43 bits per heavy atom. The van der Waals surface area contributed by atoms with E-state index >= 15 is 0 Å². The summed E-state index contributed by atoms with van der Waals surface area (Å²) in [6.07, 6.45) is 2.21. The van der Waals surface area contributed by atoms with Crippen molar-refractivity contribution < 1.29 is 19.1 Å². The quantitative estimate of drug-likeness (QED) is 0.297. The van der Waals surface area contributed by atoms with Crippen LogP contribution >= 0.6 is 11.6 Å². The van der Waals surface area contributed by atoms with Crippen LogP contribution in [0.4, 0.5) is 0 Å². The lowest BCUT2D eigenvalue weighted by molar-refractivity contribution is -0.142. The Morgan fingerprint density at radius 2 is 1.73 bits per heavy atom. The molecular weight excluding hydrogens is 488 g/mol. The van der Waals surface area contributed by atoms with E-state index in [1.807, 2.05) is 61.5 Å². The highest BCUT2D eigenvalue weighted by atomic mass is 35.5. The molecule has 0 unspecified atom stereocenters. The van der Waals surface area contributed by atoms with Gasteiger partial charge in [-0.15, -0.1) is 0 Å². The number of carbonyl (C=O) groups excluding carboxylic acids is 2. The molecule has 0 aliphatic heterocycles. The first-order chi connectivity index (χ1) is 17.9. The second-order valence-electron chi connectivity index (χ2n) is 8.92. The Bertz CT molecular complexity index is 1170. The average Bonchev–Trinajstić information content (AvgIpc) is 2.92. The summed E-state index contributed by atoms with van der Waals surface area (Å²) in [6.45, 7) is 4.53. The van der Waals surface area contributed by atoms with Crippen molar-refractivity contribution in [2.75, 3.05) is 20.3 Å². The summed E-state index contributed by atoms with van der Waals surface area (Å²) < 4.78 is 11.2. The van der Waals surface area contributed by atoms with Gasteiger partial charge in [0.2, 0.25) is 5.91 Å². The molecule has 196 valence electrons. The monoisotopic (exact) mass is 522 g/mol. The highest BCUT2D eigenvalue weighted by molar-refractivity contribution is 6.31. The minimum Gasteiger partial charge on any atom is -0.497 e. The summed E-state index contributed by atoms with van der Waals surface area (Å²) in [7, 11) is 1.60. The average molecular weight is 523 g/mol. The second-order valence-corrected chi connectivity index (χ2v) is 9.33. The van der Waals surface area contributed by atoms with Crippen molar-refractivity contribution >= 4 is 23.4 Å². The number of amides is 2. The van der Waals surface area contributed by atoms with Gasteiger partial charge >= 0.3 is 0 Å². The molecule has 0 spiro atoms. The number of methoxy groups -OCH3 is 1. The number of hydrogen-bond donors (Lipinski definition) is 1. The second kappa shape index (κ2) is 14.3. The van der Waals surface area contributed by atoms with Gasteiger partial charge in [0.1, 0.15) is 17.5 Å². The Labute approximate surface area is 224 Å². The molecule has 7 heteroatoms. The van der Waals surface area contributed by atoms with Gasteiger partial charge in [-0.25, -0.2) is 0 Å². The van der Waals surface area contributed by atoms with E-state index in [1.54, 1.807) is 30.2 Å². The number of aryl methyl sites for hydroxylation is 1. The molecule has 0 aliphatic rings. The molecular formula is C30H35ClN2O4. The van der Waals surface area contributed by atoms with Gasteiger partial charge in [-0.3, -0.25) is 9.59 Å². The summed E-state index contributed by atoms with van der Waals surface area (Å²) in [5.74, 6) is 0.756. The first-order valence-electron chi connectivity index (χ1n) is 12.5. The van der Waals surface area contributed by atoms with Crippen LogP contribution in [-0.2, 0) is 22.6 Å². The van der Waals surface area contributed by atoms with Crippen LogP contribution in [0.3, 0.4) is 0 Å². The van der Waals surface area contributed by atoms with Gasteiger partial charge in [-0.05, 0) is 60.4 Å². The summed E-state index contributed by atoms with van der Waals surface area (Å²) in [5, 5.41) is 3.65. The lowest BCUT2D eigenvalue weighted by atomic mass is 10.0. The van der Waals surface area contributed by atoms with Crippen molar-refractivity contribution in [3.63, 3.8) is 0 Å². The molecule has 37 heavy (non-hydrogen) atoms. The van der Waals surface area contributed by atoms with Crippen LogP contribution in [0.1, 0.15) is 36.5 Å². The Kier molecular flexibility index (Phi) is 10.8. The number of carbonyl (C=O) groups is 2. The van der Waals surface area contributed by atoms with E-state index in [-0.39, 0.29) is 25.0 Å². The predicted molar refractivity (Wildman–Crippen MR) is 147 cm³/mol. The molecule has 0 fully saturated rings. The van der Waals surface area contributed by atoms with Crippen molar-refractivity contribution in [3.05, 3.63) is 94.5 Å². The fraction of sp³-hybridized carbons (Fsp3) is 0.333. The molecule has 6 nitrogen and oxygen atoms in total. The van der Waals surface area contributed by atoms with Crippen molar-refractivity contribution in [1.82, 2.24) is 10.2 Å². The number of nitrogens with zero attached hydrogens (tertiary/aromatic N) is 1. The molecule has 1 N–H and O–H groups in total. The lowest BCUT2D eigenvalue weighted by Gasteiger charge is -2.31. The topological polar surface area (TPSA) is 67.9 Å². The molecule has 0 saturated heterocycles. The zero-order valence-corrected chi connectivity index (χ0v) is 22.5.